The van der Waals surface area contributed by atoms with E-state index >= 15 is 0 Å². The van der Waals surface area contributed by atoms with Crippen LogP contribution >= 0.6 is 0 Å². The molecular weight excluding hydrogens is 242 g/mol. The van der Waals surface area contributed by atoms with Crippen molar-refractivity contribution in [2.45, 2.75) is 0 Å². The Hall–Kier alpha value is -2.77. The van der Waals surface area contributed by atoms with E-state index in [2.05, 4.69) is 10.2 Å². The average Bonchev–Trinajstić information content (AvgIpc) is 2.67. The lowest BCUT2D eigenvalue weighted by Gasteiger charge is -2.05. The summed E-state index contributed by atoms with van der Waals surface area (Å²) in [6.07, 6.45) is 0. The monoisotopic (exact) mass is 251 g/mol. The molecular formula is C10H9N3O5. The molecule has 18 heavy (non-hydrogen) atoms. The molecule has 0 fully saturated rings. The summed E-state index contributed by atoms with van der Waals surface area (Å²) in [6, 6.07) is 6.00. The molecule has 0 radical (unpaired) electrons. The molecule has 0 aliphatic carbocycles. The highest BCUT2D eigenvalue weighted by molar-refractivity contribution is 5.68. The van der Waals surface area contributed by atoms with Gasteiger partial charge in [0.15, 0.2) is 6.61 Å². The number of nitrogens with one attached hydrogen (secondary N) is 2. The Labute approximate surface area is 99.4 Å². The fourth-order valence-corrected chi connectivity index (χ4v) is 1.40. The zero-order valence-electron chi connectivity index (χ0n) is 9.04. The van der Waals surface area contributed by atoms with Crippen molar-refractivity contribution in [3.05, 3.63) is 45.2 Å². The van der Waals surface area contributed by atoms with Crippen LogP contribution in [0.15, 0.2) is 33.9 Å². The second-order valence-corrected chi connectivity index (χ2v) is 3.38. The van der Waals surface area contributed by atoms with Gasteiger partial charge >= 0.3 is 17.3 Å². The van der Waals surface area contributed by atoms with E-state index in [1.165, 1.54) is 18.2 Å². The SMILES string of the molecule is O=C(O)COc1cccc(-n2c(=O)[nH][nH]c2=O)c1. The standard InChI is InChI=1S/C10H9N3O5/c14-8(15)5-18-7-3-1-2-6(4-7)13-9(16)11-12-10(13)17/h1-4H,5H2,(H,11,16)(H,12,17)(H,14,15). The largest absolute Gasteiger partial charge is 0.482 e. The van der Waals surface area contributed by atoms with Crippen LogP contribution in [0.5, 0.6) is 5.75 Å². The molecule has 0 amide bonds. The van der Waals surface area contributed by atoms with Crippen LogP contribution in [-0.2, 0) is 4.79 Å². The fraction of sp³-hybridized carbons (Fsp3) is 0.100. The second-order valence-electron chi connectivity index (χ2n) is 3.38. The van der Waals surface area contributed by atoms with Crippen LogP contribution in [0.2, 0.25) is 0 Å². The zero-order chi connectivity index (χ0) is 13.1. The number of aromatic amines is 2. The van der Waals surface area contributed by atoms with E-state index in [0.29, 0.717) is 0 Å². The third kappa shape index (κ3) is 2.32. The first-order valence-corrected chi connectivity index (χ1v) is 4.92. The number of carbonyl (C=O) groups is 1. The van der Waals surface area contributed by atoms with Gasteiger partial charge in [0.2, 0.25) is 0 Å². The quantitative estimate of drug-likeness (QED) is 0.665. The molecule has 2 aromatic rings. The van der Waals surface area contributed by atoms with Crippen molar-refractivity contribution >= 4 is 5.97 Å². The summed E-state index contributed by atoms with van der Waals surface area (Å²) < 4.78 is 5.82. The van der Waals surface area contributed by atoms with Gasteiger partial charge in [0.25, 0.3) is 0 Å². The number of ether oxygens (including phenoxy) is 1. The van der Waals surface area contributed by atoms with Crippen LogP contribution in [0.1, 0.15) is 0 Å². The van der Waals surface area contributed by atoms with E-state index in [-0.39, 0.29) is 11.4 Å². The lowest BCUT2D eigenvalue weighted by atomic mass is 10.3. The molecule has 0 unspecified atom stereocenters. The highest BCUT2D eigenvalue weighted by Crippen LogP contribution is 2.14. The summed E-state index contributed by atoms with van der Waals surface area (Å²) >= 11 is 0. The smallest absolute Gasteiger partial charge is 0.348 e. The van der Waals surface area contributed by atoms with Crippen LogP contribution in [0.25, 0.3) is 5.69 Å². The molecule has 94 valence electrons. The highest BCUT2D eigenvalue weighted by Gasteiger charge is 2.07. The molecule has 0 aliphatic rings. The number of hydrogen-bond acceptors (Lipinski definition) is 4. The predicted octanol–water partition coefficient (Wildman–Crippen LogP) is -0.683. The van der Waals surface area contributed by atoms with Crippen LogP contribution in [-0.4, -0.2) is 32.4 Å². The summed E-state index contributed by atoms with van der Waals surface area (Å²) in [5.74, 6) is -0.862. The minimum atomic E-state index is -1.11. The molecule has 0 saturated heterocycles. The molecule has 0 bridgehead atoms. The Morgan fingerprint density at radius 2 is 1.94 bits per heavy atom. The summed E-state index contributed by atoms with van der Waals surface area (Å²) in [4.78, 5) is 33.1. The molecule has 3 N–H and O–H groups in total. The zero-order valence-corrected chi connectivity index (χ0v) is 9.04. The van der Waals surface area contributed by atoms with Crippen LogP contribution in [0.3, 0.4) is 0 Å². The molecule has 8 heteroatoms. The van der Waals surface area contributed by atoms with Gasteiger partial charge in [-0.25, -0.2) is 29.1 Å². The van der Waals surface area contributed by atoms with E-state index in [9.17, 15) is 14.4 Å². The Morgan fingerprint density at radius 3 is 2.56 bits per heavy atom. The number of hydrogen-bond donors (Lipinski definition) is 3. The second kappa shape index (κ2) is 4.62. The van der Waals surface area contributed by atoms with E-state index in [1.54, 1.807) is 6.07 Å². The molecule has 1 heterocycles. The first-order chi connectivity index (χ1) is 8.58. The van der Waals surface area contributed by atoms with Crippen molar-refractivity contribution < 1.29 is 14.6 Å². The van der Waals surface area contributed by atoms with Gasteiger partial charge in [-0.15, -0.1) is 0 Å². The molecule has 0 aliphatic heterocycles. The first kappa shape index (κ1) is 11.7. The minimum absolute atomic E-state index is 0.252. The number of rotatable bonds is 4. The van der Waals surface area contributed by atoms with Crippen LogP contribution < -0.4 is 16.1 Å². The van der Waals surface area contributed by atoms with Gasteiger partial charge in [-0.3, -0.25) is 0 Å². The van der Waals surface area contributed by atoms with Crippen LogP contribution in [0.4, 0.5) is 0 Å². The number of H-pyrrole nitrogens is 2. The maximum atomic E-state index is 11.4. The van der Waals surface area contributed by atoms with E-state index in [1.807, 2.05) is 0 Å². The van der Waals surface area contributed by atoms with Gasteiger partial charge in [-0.1, -0.05) is 6.07 Å². The van der Waals surface area contributed by atoms with Crippen molar-refractivity contribution in [2.75, 3.05) is 6.61 Å². The van der Waals surface area contributed by atoms with Crippen molar-refractivity contribution in [1.29, 1.82) is 0 Å². The third-order valence-electron chi connectivity index (χ3n) is 2.12. The van der Waals surface area contributed by atoms with Gasteiger partial charge in [-0.05, 0) is 12.1 Å². The maximum absolute atomic E-state index is 11.4. The number of nitrogens with zero attached hydrogens (tertiary/aromatic N) is 1. The molecule has 0 spiro atoms. The number of carboxylic acids is 1. The average molecular weight is 251 g/mol. The Balaban J connectivity index is 2.36. The third-order valence-corrected chi connectivity index (χ3v) is 2.12. The van der Waals surface area contributed by atoms with Gasteiger partial charge in [0.05, 0.1) is 5.69 Å². The number of aliphatic carboxylic acids is 1. The van der Waals surface area contributed by atoms with Gasteiger partial charge in [0.1, 0.15) is 5.75 Å². The summed E-state index contributed by atoms with van der Waals surface area (Å²) in [5.41, 5.74) is -0.948. The lowest BCUT2D eigenvalue weighted by Crippen LogP contribution is -2.24. The molecule has 0 atom stereocenters. The van der Waals surface area contributed by atoms with Crippen molar-refractivity contribution in [1.82, 2.24) is 14.8 Å². The van der Waals surface area contributed by atoms with Crippen molar-refractivity contribution in [2.24, 2.45) is 0 Å². The van der Waals surface area contributed by atoms with E-state index in [0.717, 1.165) is 4.57 Å². The van der Waals surface area contributed by atoms with Gasteiger partial charge in [-0.2, -0.15) is 0 Å². The molecule has 1 aromatic heterocycles. The predicted molar refractivity (Wildman–Crippen MR) is 60.1 cm³/mol. The number of benzene rings is 1. The van der Waals surface area contributed by atoms with Crippen molar-refractivity contribution in [3.8, 4) is 11.4 Å². The molecule has 2 rings (SSSR count). The highest BCUT2D eigenvalue weighted by atomic mass is 16.5. The maximum Gasteiger partial charge on any atom is 0.348 e. The fourth-order valence-electron chi connectivity index (χ4n) is 1.40. The number of aromatic nitrogens is 3. The summed E-state index contributed by atoms with van der Waals surface area (Å²) in [6.45, 7) is -0.498. The molecule has 0 saturated carbocycles. The van der Waals surface area contributed by atoms with Crippen LogP contribution in [0, 0.1) is 0 Å². The van der Waals surface area contributed by atoms with Crippen molar-refractivity contribution in [3.63, 3.8) is 0 Å². The van der Waals surface area contributed by atoms with Gasteiger partial charge < -0.3 is 9.84 Å². The van der Waals surface area contributed by atoms with E-state index < -0.39 is 24.0 Å². The minimum Gasteiger partial charge on any atom is -0.482 e. The Bertz CT molecular complexity index is 654. The Morgan fingerprint density at radius 1 is 1.28 bits per heavy atom. The molecule has 8 nitrogen and oxygen atoms in total. The Kier molecular flexibility index (Phi) is 3.00. The first-order valence-electron chi connectivity index (χ1n) is 4.92. The summed E-state index contributed by atoms with van der Waals surface area (Å²) in [5, 5.41) is 12.8. The van der Waals surface area contributed by atoms with E-state index in [4.69, 9.17) is 9.84 Å². The topological polar surface area (TPSA) is 117 Å². The van der Waals surface area contributed by atoms with Gasteiger partial charge in [0, 0.05) is 6.07 Å². The normalized spacial score (nSPS) is 10.2. The molecule has 1 aromatic carbocycles. The lowest BCUT2D eigenvalue weighted by molar-refractivity contribution is -0.139. The number of carboxylic acid groups (broad SMARTS) is 1. The summed E-state index contributed by atoms with van der Waals surface area (Å²) in [7, 11) is 0.